The molecule has 2 aromatic carbocycles. The number of hydrogen-bond acceptors (Lipinski definition) is 9. The first-order valence-corrected chi connectivity index (χ1v) is 13.5. The van der Waals surface area contributed by atoms with E-state index in [1.807, 2.05) is 18.2 Å². The van der Waals surface area contributed by atoms with Crippen LogP contribution in [0.1, 0.15) is 29.8 Å². The van der Waals surface area contributed by atoms with Crippen LogP contribution in [0.3, 0.4) is 0 Å². The lowest BCUT2D eigenvalue weighted by atomic mass is 10.1. The van der Waals surface area contributed by atoms with E-state index in [-0.39, 0.29) is 5.56 Å². The zero-order chi connectivity index (χ0) is 27.6. The summed E-state index contributed by atoms with van der Waals surface area (Å²) in [6.45, 7) is 13.5. The molecule has 1 aliphatic heterocycles. The van der Waals surface area contributed by atoms with Crippen molar-refractivity contribution >= 4 is 34.5 Å². The van der Waals surface area contributed by atoms with Crippen molar-refractivity contribution in [2.75, 3.05) is 67.9 Å². The Morgan fingerprint density at radius 3 is 2.46 bits per heavy atom. The lowest BCUT2D eigenvalue weighted by Gasteiger charge is -2.37. The van der Waals surface area contributed by atoms with E-state index >= 15 is 0 Å². The SMILES string of the molecule is CCN(CC)CCN1CCN(c2ccc(Nc3cc(NCc4cccc(N=O)c4)c(C(N)=O)cn3)cc2)CC1. The van der Waals surface area contributed by atoms with Gasteiger partial charge >= 0.3 is 0 Å². The number of anilines is 4. The third-order valence-corrected chi connectivity index (χ3v) is 7.17. The summed E-state index contributed by atoms with van der Waals surface area (Å²) in [5.41, 5.74) is 9.71. The fourth-order valence-corrected chi connectivity index (χ4v) is 4.74. The number of nitrogens with one attached hydrogen (secondary N) is 2. The Balaban J connectivity index is 1.35. The van der Waals surface area contributed by atoms with Crippen LogP contribution in [-0.4, -0.2) is 73.0 Å². The number of carbonyl (C=O) groups is 1. The minimum atomic E-state index is -0.572. The number of primary amides is 1. The summed E-state index contributed by atoms with van der Waals surface area (Å²) in [7, 11) is 0. The van der Waals surface area contributed by atoms with E-state index in [2.05, 4.69) is 61.5 Å². The highest BCUT2D eigenvalue weighted by atomic mass is 16.3. The minimum absolute atomic E-state index is 0.289. The van der Waals surface area contributed by atoms with Crippen molar-refractivity contribution in [3.8, 4) is 0 Å². The standard InChI is InChI=1S/C29H38N8O2/c1-3-35(4-2)12-13-36-14-16-37(17-15-36)25-10-8-23(9-11-25)33-28-19-27(26(21-32-28)29(30)38)31-20-22-6-5-7-24(18-22)34-39/h5-11,18-19,21H,3-4,12-17,20H2,1-2H3,(H2,30,38)(H2,31,32,33). The average Bonchev–Trinajstić information content (AvgIpc) is 2.97. The Morgan fingerprint density at radius 1 is 1.05 bits per heavy atom. The molecule has 1 amide bonds. The molecule has 0 spiro atoms. The lowest BCUT2D eigenvalue weighted by molar-refractivity contribution is 0.100. The largest absolute Gasteiger partial charge is 0.380 e. The van der Waals surface area contributed by atoms with Crippen molar-refractivity contribution in [1.82, 2.24) is 14.8 Å². The number of pyridine rings is 1. The molecular weight excluding hydrogens is 492 g/mol. The summed E-state index contributed by atoms with van der Waals surface area (Å²) in [4.78, 5) is 34.6. The Bertz CT molecular complexity index is 1240. The van der Waals surface area contributed by atoms with Crippen molar-refractivity contribution in [1.29, 1.82) is 0 Å². The van der Waals surface area contributed by atoms with E-state index in [0.29, 0.717) is 23.7 Å². The van der Waals surface area contributed by atoms with E-state index in [1.54, 1.807) is 24.3 Å². The maximum atomic E-state index is 12.0. The molecule has 0 radical (unpaired) electrons. The molecule has 4 N–H and O–H groups in total. The molecule has 10 heteroatoms. The van der Waals surface area contributed by atoms with Gasteiger partial charge in [0, 0.05) is 69.5 Å². The van der Waals surface area contributed by atoms with Crippen LogP contribution in [0.25, 0.3) is 0 Å². The highest BCUT2D eigenvalue weighted by molar-refractivity contribution is 5.98. The number of amides is 1. The van der Waals surface area contributed by atoms with E-state index in [4.69, 9.17) is 5.73 Å². The second-order valence-electron chi connectivity index (χ2n) is 9.62. The maximum Gasteiger partial charge on any atom is 0.252 e. The first kappa shape index (κ1) is 28.0. The first-order chi connectivity index (χ1) is 19.0. The van der Waals surface area contributed by atoms with Crippen LogP contribution in [-0.2, 0) is 6.54 Å². The summed E-state index contributed by atoms with van der Waals surface area (Å²) >= 11 is 0. The summed E-state index contributed by atoms with van der Waals surface area (Å²) in [5.74, 6) is 0.0118. The molecule has 0 atom stereocenters. The van der Waals surface area contributed by atoms with Gasteiger partial charge in [0.2, 0.25) is 0 Å². The zero-order valence-electron chi connectivity index (χ0n) is 22.8. The highest BCUT2D eigenvalue weighted by Gasteiger charge is 2.18. The molecule has 1 saturated heterocycles. The van der Waals surface area contributed by atoms with Crippen molar-refractivity contribution in [3.63, 3.8) is 0 Å². The van der Waals surface area contributed by atoms with Crippen LogP contribution < -0.4 is 21.3 Å². The molecule has 0 aliphatic carbocycles. The number of piperazine rings is 1. The molecule has 4 rings (SSSR count). The lowest BCUT2D eigenvalue weighted by Crippen LogP contribution is -2.48. The number of nitroso groups, excluding NO2 is 1. The molecule has 39 heavy (non-hydrogen) atoms. The zero-order valence-corrected chi connectivity index (χ0v) is 22.8. The number of nitrogens with zero attached hydrogens (tertiary/aromatic N) is 5. The van der Waals surface area contributed by atoms with Crippen LogP contribution in [0.5, 0.6) is 0 Å². The number of nitrogens with two attached hydrogens (primary N) is 1. The Kier molecular flexibility index (Phi) is 9.82. The highest BCUT2D eigenvalue weighted by Crippen LogP contribution is 2.25. The quantitative estimate of drug-likeness (QED) is 0.278. The third kappa shape index (κ3) is 7.75. The Morgan fingerprint density at radius 2 is 1.79 bits per heavy atom. The van der Waals surface area contributed by atoms with Gasteiger partial charge in [0.05, 0.1) is 11.3 Å². The van der Waals surface area contributed by atoms with Gasteiger partial charge in [-0.2, -0.15) is 0 Å². The van der Waals surface area contributed by atoms with Gasteiger partial charge in [-0.3, -0.25) is 9.69 Å². The van der Waals surface area contributed by atoms with Gasteiger partial charge in [-0.25, -0.2) is 4.98 Å². The number of likely N-dealkylation sites (N-methyl/N-ethyl adjacent to an activating group) is 1. The molecule has 0 saturated carbocycles. The van der Waals surface area contributed by atoms with Crippen molar-refractivity contribution in [3.05, 3.63) is 76.8 Å². The number of rotatable bonds is 13. The predicted molar refractivity (Wildman–Crippen MR) is 158 cm³/mol. The number of aromatic nitrogens is 1. The van der Waals surface area contributed by atoms with Crippen molar-refractivity contribution < 1.29 is 4.79 Å². The van der Waals surface area contributed by atoms with Crippen LogP contribution in [0, 0.1) is 4.91 Å². The molecule has 2 heterocycles. The third-order valence-electron chi connectivity index (χ3n) is 7.17. The van der Waals surface area contributed by atoms with Gasteiger partial charge in [0.1, 0.15) is 11.5 Å². The minimum Gasteiger partial charge on any atom is -0.380 e. The Labute approximate surface area is 230 Å². The van der Waals surface area contributed by atoms with E-state index < -0.39 is 5.91 Å². The van der Waals surface area contributed by atoms with Gasteiger partial charge in [0.15, 0.2) is 0 Å². The molecule has 0 unspecified atom stereocenters. The van der Waals surface area contributed by atoms with Crippen LogP contribution >= 0.6 is 0 Å². The maximum absolute atomic E-state index is 12.0. The normalized spacial score (nSPS) is 13.9. The monoisotopic (exact) mass is 530 g/mol. The summed E-state index contributed by atoms with van der Waals surface area (Å²) in [6.07, 6.45) is 1.46. The molecule has 1 aliphatic rings. The fraction of sp³-hybridized carbons (Fsp3) is 0.379. The van der Waals surface area contributed by atoms with Gasteiger partial charge in [-0.1, -0.05) is 26.0 Å². The van der Waals surface area contributed by atoms with E-state index in [1.165, 1.54) is 11.9 Å². The summed E-state index contributed by atoms with van der Waals surface area (Å²) < 4.78 is 0. The molecular formula is C29H38N8O2. The van der Waals surface area contributed by atoms with E-state index in [0.717, 1.165) is 63.6 Å². The van der Waals surface area contributed by atoms with Gasteiger partial charge < -0.3 is 26.2 Å². The molecule has 206 valence electrons. The molecule has 3 aromatic rings. The fourth-order valence-electron chi connectivity index (χ4n) is 4.74. The van der Waals surface area contributed by atoms with Crippen LogP contribution in [0.15, 0.2) is 66.0 Å². The van der Waals surface area contributed by atoms with Gasteiger partial charge in [-0.15, -0.1) is 4.91 Å². The summed E-state index contributed by atoms with van der Waals surface area (Å²) in [6, 6.07) is 17.1. The Hall–Kier alpha value is -4.02. The van der Waals surface area contributed by atoms with Crippen molar-refractivity contribution in [2.45, 2.75) is 20.4 Å². The molecule has 1 fully saturated rings. The number of hydrogen-bond donors (Lipinski definition) is 3. The topological polar surface area (TPSA) is 119 Å². The first-order valence-electron chi connectivity index (χ1n) is 13.5. The second kappa shape index (κ2) is 13.7. The number of benzene rings is 2. The predicted octanol–water partition coefficient (Wildman–Crippen LogP) is 4.40. The van der Waals surface area contributed by atoms with Crippen LogP contribution in [0.2, 0.25) is 0 Å². The summed E-state index contributed by atoms with van der Waals surface area (Å²) in [5, 5.41) is 9.51. The molecule has 0 bridgehead atoms. The molecule has 1 aromatic heterocycles. The second-order valence-corrected chi connectivity index (χ2v) is 9.62. The average molecular weight is 531 g/mol. The van der Waals surface area contributed by atoms with Crippen molar-refractivity contribution in [2.24, 2.45) is 10.9 Å². The smallest absolute Gasteiger partial charge is 0.252 e. The molecule has 10 nitrogen and oxygen atoms in total. The van der Waals surface area contributed by atoms with E-state index in [9.17, 15) is 9.70 Å². The van der Waals surface area contributed by atoms with Crippen LogP contribution in [0.4, 0.5) is 28.6 Å². The van der Waals surface area contributed by atoms with Gasteiger partial charge in [-0.05, 0) is 60.2 Å². The van der Waals surface area contributed by atoms with Gasteiger partial charge in [0.25, 0.3) is 5.91 Å². The number of carbonyl (C=O) groups excluding carboxylic acids is 1.